The third-order valence-corrected chi connectivity index (χ3v) is 5.37. The second kappa shape index (κ2) is 6.54. The maximum Gasteiger partial charge on any atom is 0.308 e. The number of H-pyrrole nitrogens is 1. The first kappa shape index (κ1) is 15.9. The van der Waals surface area contributed by atoms with Crippen molar-refractivity contribution in [1.82, 2.24) is 19.2 Å². The molecule has 1 saturated heterocycles. The van der Waals surface area contributed by atoms with Crippen LogP contribution >= 0.6 is 0 Å². The highest BCUT2D eigenvalue weighted by Crippen LogP contribution is 2.21. The predicted octanol–water partition coefficient (Wildman–Crippen LogP) is 0.190. The maximum atomic E-state index is 12.3. The van der Waals surface area contributed by atoms with Gasteiger partial charge in [-0.05, 0) is 19.8 Å². The van der Waals surface area contributed by atoms with Crippen LogP contribution in [0.15, 0.2) is 12.4 Å². The molecule has 1 aromatic rings. The zero-order valence-corrected chi connectivity index (χ0v) is 12.9. The van der Waals surface area contributed by atoms with Crippen LogP contribution in [-0.2, 0) is 19.7 Å². The van der Waals surface area contributed by atoms with Crippen LogP contribution in [0.25, 0.3) is 0 Å². The van der Waals surface area contributed by atoms with Crippen LogP contribution in [0, 0.1) is 5.92 Å². The van der Waals surface area contributed by atoms with Gasteiger partial charge in [-0.1, -0.05) is 0 Å². The van der Waals surface area contributed by atoms with E-state index in [0.717, 1.165) is 5.56 Å². The van der Waals surface area contributed by atoms with Crippen molar-refractivity contribution in [3.8, 4) is 0 Å². The molecule has 1 atom stereocenters. The van der Waals surface area contributed by atoms with E-state index < -0.39 is 10.2 Å². The normalized spacial score (nSPS) is 19.3. The van der Waals surface area contributed by atoms with Crippen molar-refractivity contribution in [2.75, 3.05) is 20.2 Å². The number of carbonyl (C=O) groups is 1. The first-order valence-electron chi connectivity index (χ1n) is 6.78. The molecule has 0 aliphatic carbocycles. The molecule has 2 heterocycles. The molecule has 1 aliphatic heterocycles. The molecule has 21 heavy (non-hydrogen) atoms. The van der Waals surface area contributed by atoms with Gasteiger partial charge in [-0.3, -0.25) is 9.89 Å². The maximum absolute atomic E-state index is 12.3. The molecular formula is C12H20N4O4S. The molecule has 0 bridgehead atoms. The first-order chi connectivity index (χ1) is 9.94. The summed E-state index contributed by atoms with van der Waals surface area (Å²) in [4.78, 5) is 11.4. The van der Waals surface area contributed by atoms with E-state index in [2.05, 4.69) is 14.9 Å². The highest BCUT2D eigenvalue weighted by atomic mass is 32.2. The Bertz CT molecular complexity index is 564. The van der Waals surface area contributed by atoms with E-state index in [0.29, 0.717) is 25.9 Å². The van der Waals surface area contributed by atoms with E-state index in [9.17, 15) is 13.2 Å². The fourth-order valence-corrected chi connectivity index (χ4v) is 3.79. The Kier molecular flexibility index (Phi) is 4.96. The lowest BCUT2D eigenvalue weighted by molar-refractivity contribution is -0.146. The van der Waals surface area contributed by atoms with Crippen LogP contribution < -0.4 is 4.72 Å². The number of ether oxygens (including phenoxy) is 1. The number of aromatic nitrogens is 2. The summed E-state index contributed by atoms with van der Waals surface area (Å²) < 4.78 is 33.3. The lowest BCUT2D eigenvalue weighted by Crippen LogP contribution is -2.46. The molecule has 0 saturated carbocycles. The molecule has 0 spiro atoms. The molecule has 1 unspecified atom stereocenters. The van der Waals surface area contributed by atoms with Gasteiger partial charge in [0.25, 0.3) is 10.2 Å². The summed E-state index contributed by atoms with van der Waals surface area (Å²) in [5, 5.41) is 6.45. The third kappa shape index (κ3) is 3.80. The first-order valence-corrected chi connectivity index (χ1v) is 8.22. The number of methoxy groups -OCH3 is 1. The molecule has 2 rings (SSSR count). The number of nitrogens with zero attached hydrogens (tertiary/aromatic N) is 2. The zero-order chi connectivity index (χ0) is 15.5. The van der Waals surface area contributed by atoms with Crippen molar-refractivity contribution < 1.29 is 17.9 Å². The molecule has 0 radical (unpaired) electrons. The van der Waals surface area contributed by atoms with Gasteiger partial charge in [-0.25, -0.2) is 0 Å². The predicted molar refractivity (Wildman–Crippen MR) is 75.4 cm³/mol. The molecule has 118 valence electrons. The van der Waals surface area contributed by atoms with E-state index >= 15 is 0 Å². The second-order valence-electron chi connectivity index (χ2n) is 5.07. The van der Waals surface area contributed by atoms with Gasteiger partial charge < -0.3 is 4.74 Å². The smallest absolute Gasteiger partial charge is 0.308 e. The molecule has 2 N–H and O–H groups in total. The number of hydrogen-bond donors (Lipinski definition) is 2. The fourth-order valence-electron chi connectivity index (χ4n) is 2.36. The summed E-state index contributed by atoms with van der Waals surface area (Å²) in [5.74, 6) is -0.487. The minimum absolute atomic E-state index is 0.215. The van der Waals surface area contributed by atoms with Gasteiger partial charge in [-0.2, -0.15) is 22.5 Å². The van der Waals surface area contributed by atoms with E-state index in [1.807, 2.05) is 0 Å². The number of rotatable bonds is 5. The summed E-state index contributed by atoms with van der Waals surface area (Å²) in [5.41, 5.74) is 0.767. The highest BCUT2D eigenvalue weighted by Gasteiger charge is 2.32. The molecule has 1 fully saturated rings. The van der Waals surface area contributed by atoms with E-state index in [4.69, 9.17) is 4.74 Å². The van der Waals surface area contributed by atoms with Crippen molar-refractivity contribution >= 4 is 16.2 Å². The molecular weight excluding hydrogens is 296 g/mol. The van der Waals surface area contributed by atoms with Crippen molar-refractivity contribution in [3.63, 3.8) is 0 Å². The van der Waals surface area contributed by atoms with E-state index in [1.54, 1.807) is 19.3 Å². The van der Waals surface area contributed by atoms with Crippen LogP contribution in [-0.4, -0.2) is 49.1 Å². The quantitative estimate of drug-likeness (QED) is 0.755. The number of esters is 1. The molecule has 9 heteroatoms. The Morgan fingerprint density at radius 3 is 2.71 bits per heavy atom. The molecule has 0 amide bonds. The minimum Gasteiger partial charge on any atom is -0.469 e. The molecule has 8 nitrogen and oxygen atoms in total. The lowest BCUT2D eigenvalue weighted by Gasteiger charge is -2.30. The SMILES string of the molecule is COC(=O)C1CCN(S(=O)(=O)NC(C)c2cn[nH]c2)CC1. The Balaban J connectivity index is 1.94. The Hall–Kier alpha value is -1.45. The minimum atomic E-state index is -3.57. The Labute approximate surface area is 124 Å². The monoisotopic (exact) mass is 316 g/mol. The third-order valence-electron chi connectivity index (χ3n) is 3.67. The molecule has 0 aromatic carbocycles. The number of carbonyl (C=O) groups excluding carboxylic acids is 1. The second-order valence-corrected chi connectivity index (χ2v) is 6.77. The summed E-state index contributed by atoms with van der Waals surface area (Å²) in [6.07, 6.45) is 4.19. The number of hydrogen-bond acceptors (Lipinski definition) is 5. The van der Waals surface area contributed by atoms with Crippen LogP contribution in [0.5, 0.6) is 0 Å². The Morgan fingerprint density at radius 1 is 1.52 bits per heavy atom. The van der Waals surface area contributed by atoms with Gasteiger partial charge >= 0.3 is 5.97 Å². The van der Waals surface area contributed by atoms with Crippen molar-refractivity contribution in [2.24, 2.45) is 5.92 Å². The summed E-state index contributed by atoms with van der Waals surface area (Å²) in [6, 6.07) is -0.368. The van der Waals surface area contributed by atoms with Crippen LogP contribution in [0.3, 0.4) is 0 Å². The van der Waals surface area contributed by atoms with Crippen LogP contribution in [0.2, 0.25) is 0 Å². The standard InChI is InChI=1S/C12H20N4O4S/c1-9(11-7-13-14-8-11)15-21(18,19)16-5-3-10(4-6-16)12(17)20-2/h7-10,15H,3-6H2,1-2H3,(H,13,14). The van der Waals surface area contributed by atoms with Gasteiger partial charge in [-0.15, -0.1) is 0 Å². The average molecular weight is 316 g/mol. The van der Waals surface area contributed by atoms with E-state index in [-0.39, 0.29) is 17.9 Å². The zero-order valence-electron chi connectivity index (χ0n) is 12.1. The Morgan fingerprint density at radius 2 is 2.19 bits per heavy atom. The summed E-state index contributed by atoms with van der Waals surface area (Å²) >= 11 is 0. The van der Waals surface area contributed by atoms with Gasteiger partial charge in [0.2, 0.25) is 0 Å². The van der Waals surface area contributed by atoms with Gasteiger partial charge in [0, 0.05) is 30.9 Å². The summed E-state index contributed by atoms with van der Waals surface area (Å²) in [6.45, 7) is 2.38. The van der Waals surface area contributed by atoms with Gasteiger partial charge in [0.15, 0.2) is 0 Å². The largest absolute Gasteiger partial charge is 0.469 e. The van der Waals surface area contributed by atoms with Gasteiger partial charge in [0.05, 0.1) is 19.2 Å². The average Bonchev–Trinajstić information content (AvgIpc) is 3.00. The van der Waals surface area contributed by atoms with E-state index in [1.165, 1.54) is 11.4 Å². The van der Waals surface area contributed by atoms with Crippen molar-refractivity contribution in [3.05, 3.63) is 18.0 Å². The van der Waals surface area contributed by atoms with Gasteiger partial charge in [0.1, 0.15) is 0 Å². The van der Waals surface area contributed by atoms with Crippen LogP contribution in [0.1, 0.15) is 31.4 Å². The number of nitrogens with one attached hydrogen (secondary N) is 2. The number of aromatic amines is 1. The molecule has 1 aromatic heterocycles. The molecule has 1 aliphatic rings. The highest BCUT2D eigenvalue weighted by molar-refractivity contribution is 7.87. The van der Waals surface area contributed by atoms with Crippen molar-refractivity contribution in [1.29, 1.82) is 0 Å². The topological polar surface area (TPSA) is 104 Å². The van der Waals surface area contributed by atoms with Crippen molar-refractivity contribution in [2.45, 2.75) is 25.8 Å². The lowest BCUT2D eigenvalue weighted by atomic mass is 9.99. The fraction of sp³-hybridized carbons (Fsp3) is 0.667. The summed E-state index contributed by atoms with van der Waals surface area (Å²) in [7, 11) is -2.23. The number of piperidine rings is 1. The van der Waals surface area contributed by atoms with Crippen LogP contribution in [0.4, 0.5) is 0 Å².